The van der Waals surface area contributed by atoms with Crippen molar-refractivity contribution in [1.82, 2.24) is 9.97 Å². The lowest BCUT2D eigenvalue weighted by Gasteiger charge is -2.10. The van der Waals surface area contributed by atoms with E-state index in [1.165, 1.54) is 6.07 Å². The topological polar surface area (TPSA) is 37.8 Å². The van der Waals surface area contributed by atoms with E-state index in [-0.39, 0.29) is 10.8 Å². The minimum Gasteiger partial charge on any atom is -0.339 e. The van der Waals surface area contributed by atoms with Gasteiger partial charge in [0.1, 0.15) is 22.6 Å². The summed E-state index contributed by atoms with van der Waals surface area (Å²) in [4.78, 5) is 8.35. The van der Waals surface area contributed by atoms with Gasteiger partial charge >= 0.3 is 0 Å². The highest BCUT2D eigenvalue weighted by atomic mass is 35.5. The summed E-state index contributed by atoms with van der Waals surface area (Å²) in [6.07, 6.45) is 0.672. The maximum Gasteiger partial charge on any atom is 0.135 e. The fourth-order valence-corrected chi connectivity index (χ4v) is 1.98. The lowest BCUT2D eigenvalue weighted by atomic mass is 10.2. The first-order valence-corrected chi connectivity index (χ1v) is 6.51. The molecule has 2 rings (SSSR count). The highest BCUT2D eigenvalue weighted by Crippen LogP contribution is 2.28. The fourth-order valence-electron chi connectivity index (χ4n) is 1.58. The van der Waals surface area contributed by atoms with E-state index in [0.717, 1.165) is 0 Å². The summed E-state index contributed by atoms with van der Waals surface area (Å²) in [6, 6.07) is 4.48. The molecule has 0 bridgehead atoms. The number of hydrogen-bond donors (Lipinski definition) is 1. The molecule has 0 saturated heterocycles. The molecule has 1 N–H and O–H groups in total. The van der Waals surface area contributed by atoms with E-state index in [0.29, 0.717) is 34.5 Å². The Balaban J connectivity index is 2.36. The third-order valence-electron chi connectivity index (χ3n) is 2.57. The Hall–Kier alpha value is -1.39. The van der Waals surface area contributed by atoms with Crippen molar-refractivity contribution in [2.45, 2.75) is 20.3 Å². The van der Waals surface area contributed by atoms with Crippen LogP contribution in [0.25, 0.3) is 0 Å². The van der Waals surface area contributed by atoms with Gasteiger partial charge in [-0.05, 0) is 24.6 Å². The zero-order chi connectivity index (χ0) is 14.0. The van der Waals surface area contributed by atoms with Crippen LogP contribution >= 0.6 is 23.2 Å². The van der Waals surface area contributed by atoms with Crippen molar-refractivity contribution in [3.63, 3.8) is 0 Å². The van der Waals surface area contributed by atoms with E-state index >= 15 is 0 Å². The highest BCUT2D eigenvalue weighted by Gasteiger charge is 2.08. The molecular weight excluding hydrogens is 288 g/mol. The minimum absolute atomic E-state index is 0.288. The van der Waals surface area contributed by atoms with Crippen LogP contribution in [0.2, 0.25) is 10.2 Å². The molecule has 2 aromatic rings. The molecule has 1 aromatic heterocycles. The van der Waals surface area contributed by atoms with Crippen molar-refractivity contribution in [3.05, 3.63) is 45.6 Å². The van der Waals surface area contributed by atoms with Gasteiger partial charge in [-0.15, -0.1) is 0 Å². The summed E-state index contributed by atoms with van der Waals surface area (Å²) in [5.74, 6) is 0.820. The predicted octanol–water partition coefficient (Wildman–Crippen LogP) is 4.54. The molecule has 0 fully saturated rings. The molecular formula is C13H12Cl2FN3. The summed E-state index contributed by atoms with van der Waals surface area (Å²) in [5.41, 5.74) is 1.08. The summed E-state index contributed by atoms with van der Waals surface area (Å²) >= 11 is 11.9. The summed E-state index contributed by atoms with van der Waals surface area (Å²) < 4.78 is 13.3. The lowest BCUT2D eigenvalue weighted by Crippen LogP contribution is -2.00. The van der Waals surface area contributed by atoms with Crippen molar-refractivity contribution in [2.75, 3.05) is 5.32 Å². The number of aryl methyl sites for hydroxylation is 2. The van der Waals surface area contributed by atoms with Gasteiger partial charge in [0.2, 0.25) is 0 Å². The number of nitrogens with one attached hydrogen (secondary N) is 1. The van der Waals surface area contributed by atoms with Crippen LogP contribution in [0.5, 0.6) is 0 Å². The van der Waals surface area contributed by atoms with Crippen molar-refractivity contribution in [3.8, 4) is 0 Å². The zero-order valence-electron chi connectivity index (χ0n) is 10.5. The largest absolute Gasteiger partial charge is 0.339 e. The monoisotopic (exact) mass is 299 g/mol. The Morgan fingerprint density at radius 3 is 2.63 bits per heavy atom. The molecule has 3 nitrogen and oxygen atoms in total. The molecule has 1 aromatic carbocycles. The van der Waals surface area contributed by atoms with Gasteiger partial charge in [0, 0.05) is 12.5 Å². The Kier molecular flexibility index (Phi) is 4.22. The second kappa shape index (κ2) is 5.72. The van der Waals surface area contributed by atoms with Crippen LogP contribution < -0.4 is 5.32 Å². The Bertz CT molecular complexity index is 617. The van der Waals surface area contributed by atoms with Crippen LogP contribution in [-0.2, 0) is 6.42 Å². The van der Waals surface area contributed by atoms with Gasteiger partial charge in [-0.1, -0.05) is 30.1 Å². The smallest absolute Gasteiger partial charge is 0.135 e. The van der Waals surface area contributed by atoms with E-state index in [2.05, 4.69) is 15.3 Å². The van der Waals surface area contributed by atoms with Crippen LogP contribution in [0.15, 0.2) is 18.2 Å². The zero-order valence-corrected chi connectivity index (χ0v) is 12.0. The molecule has 0 unspecified atom stereocenters. The van der Waals surface area contributed by atoms with Gasteiger partial charge in [-0.3, -0.25) is 0 Å². The lowest BCUT2D eigenvalue weighted by molar-refractivity contribution is 0.619. The van der Waals surface area contributed by atoms with E-state index in [1.807, 2.05) is 6.92 Å². The number of nitrogens with zero attached hydrogens (tertiary/aromatic N) is 2. The first-order valence-electron chi connectivity index (χ1n) is 5.75. The van der Waals surface area contributed by atoms with E-state index < -0.39 is 0 Å². The first kappa shape index (κ1) is 14.0. The van der Waals surface area contributed by atoms with Crippen molar-refractivity contribution >= 4 is 34.7 Å². The van der Waals surface area contributed by atoms with Crippen LogP contribution in [0.3, 0.4) is 0 Å². The molecule has 0 amide bonds. The Labute approximate surface area is 120 Å². The SMILES string of the molecule is CCc1nc(Cl)cc(Nc2cc(C)c(F)cc2Cl)n1. The average Bonchev–Trinajstić information content (AvgIpc) is 2.35. The molecule has 0 saturated carbocycles. The van der Waals surface area contributed by atoms with Crippen molar-refractivity contribution in [1.29, 1.82) is 0 Å². The maximum atomic E-state index is 13.3. The molecule has 100 valence electrons. The van der Waals surface area contributed by atoms with Gasteiger partial charge < -0.3 is 5.32 Å². The Morgan fingerprint density at radius 1 is 1.21 bits per heavy atom. The average molecular weight is 300 g/mol. The van der Waals surface area contributed by atoms with Crippen LogP contribution in [0, 0.1) is 12.7 Å². The molecule has 0 aliphatic heterocycles. The summed E-state index contributed by atoms with van der Waals surface area (Å²) in [7, 11) is 0. The summed E-state index contributed by atoms with van der Waals surface area (Å²) in [5, 5.41) is 3.66. The molecule has 0 spiro atoms. The van der Waals surface area contributed by atoms with Crippen LogP contribution in [0.4, 0.5) is 15.9 Å². The van der Waals surface area contributed by atoms with E-state index in [9.17, 15) is 4.39 Å². The first-order chi connectivity index (χ1) is 8.99. The quantitative estimate of drug-likeness (QED) is 0.846. The van der Waals surface area contributed by atoms with Gasteiger partial charge in [0.15, 0.2) is 0 Å². The third kappa shape index (κ3) is 3.33. The van der Waals surface area contributed by atoms with Gasteiger partial charge in [0.25, 0.3) is 0 Å². The molecule has 0 radical (unpaired) electrons. The van der Waals surface area contributed by atoms with Crippen molar-refractivity contribution in [2.24, 2.45) is 0 Å². The van der Waals surface area contributed by atoms with Gasteiger partial charge in [-0.25, -0.2) is 14.4 Å². The number of aromatic nitrogens is 2. The second-order valence-electron chi connectivity index (χ2n) is 4.05. The normalized spacial score (nSPS) is 10.6. The van der Waals surface area contributed by atoms with Gasteiger partial charge in [-0.2, -0.15) is 0 Å². The van der Waals surface area contributed by atoms with Gasteiger partial charge in [0.05, 0.1) is 10.7 Å². The Morgan fingerprint density at radius 2 is 1.95 bits per heavy atom. The standard InChI is InChI=1S/C13H12Cl2FN3/c1-3-12-18-11(15)6-13(19-12)17-10-4-7(2)9(16)5-8(10)14/h4-6H,3H2,1-2H3,(H,17,18,19). The van der Waals surface area contributed by atoms with Crippen LogP contribution in [-0.4, -0.2) is 9.97 Å². The number of halogens is 3. The maximum absolute atomic E-state index is 13.3. The number of rotatable bonds is 3. The number of hydrogen-bond acceptors (Lipinski definition) is 3. The second-order valence-corrected chi connectivity index (χ2v) is 4.85. The summed E-state index contributed by atoms with van der Waals surface area (Å²) in [6.45, 7) is 3.60. The van der Waals surface area contributed by atoms with Crippen LogP contribution in [0.1, 0.15) is 18.3 Å². The molecule has 19 heavy (non-hydrogen) atoms. The fraction of sp³-hybridized carbons (Fsp3) is 0.231. The molecule has 0 atom stereocenters. The molecule has 0 aliphatic carbocycles. The molecule has 1 heterocycles. The third-order valence-corrected chi connectivity index (χ3v) is 3.07. The highest BCUT2D eigenvalue weighted by molar-refractivity contribution is 6.33. The van der Waals surface area contributed by atoms with Crippen molar-refractivity contribution < 1.29 is 4.39 Å². The van der Waals surface area contributed by atoms with E-state index in [4.69, 9.17) is 23.2 Å². The molecule has 6 heteroatoms. The predicted molar refractivity (Wildman–Crippen MR) is 75.8 cm³/mol. The molecule has 0 aliphatic rings. The number of benzene rings is 1. The number of anilines is 2. The van der Waals surface area contributed by atoms with E-state index in [1.54, 1.807) is 19.1 Å². The minimum atomic E-state index is -0.342.